The van der Waals surface area contributed by atoms with Gasteiger partial charge in [-0.3, -0.25) is 10.1 Å². The number of fused-ring (bicyclic) bond motifs is 1. The van der Waals surface area contributed by atoms with Crippen molar-refractivity contribution in [2.75, 3.05) is 0 Å². The number of hydrogen-bond donors (Lipinski definition) is 1. The van der Waals surface area contributed by atoms with E-state index in [2.05, 4.69) is 48.3 Å². The number of imidazole rings is 1. The van der Waals surface area contributed by atoms with Gasteiger partial charge < -0.3 is 4.57 Å². The Labute approximate surface area is 167 Å². The highest BCUT2D eigenvalue weighted by Crippen LogP contribution is 2.36. The Morgan fingerprint density at radius 2 is 2.11 bits per heavy atom. The van der Waals surface area contributed by atoms with Crippen molar-refractivity contribution in [2.45, 2.75) is 32.2 Å². The van der Waals surface area contributed by atoms with Gasteiger partial charge in [-0.05, 0) is 55.2 Å². The molecule has 1 atom stereocenters. The van der Waals surface area contributed by atoms with Crippen molar-refractivity contribution < 1.29 is 0 Å². The van der Waals surface area contributed by atoms with Gasteiger partial charge in [0.05, 0.1) is 17.7 Å². The van der Waals surface area contributed by atoms with Crippen LogP contribution >= 0.6 is 11.6 Å². The summed E-state index contributed by atoms with van der Waals surface area (Å²) < 4.78 is 2.14. The number of benzene rings is 1. The highest BCUT2D eigenvalue weighted by atomic mass is 35.5. The van der Waals surface area contributed by atoms with Gasteiger partial charge in [-0.2, -0.15) is 0 Å². The number of aryl methyl sites for hydroxylation is 2. The van der Waals surface area contributed by atoms with Gasteiger partial charge in [0.15, 0.2) is 0 Å². The third-order valence-electron chi connectivity index (χ3n) is 5.39. The highest BCUT2D eigenvalue weighted by Gasteiger charge is 2.23. The Morgan fingerprint density at radius 1 is 1.18 bits per heavy atom. The van der Waals surface area contributed by atoms with Gasteiger partial charge in [0.25, 0.3) is 0 Å². The maximum atomic E-state index is 6.20. The molecule has 0 unspecified atom stereocenters. The van der Waals surface area contributed by atoms with Crippen LogP contribution in [0.1, 0.15) is 29.2 Å². The Kier molecular flexibility index (Phi) is 4.20. The largest absolute Gasteiger partial charge is 0.336 e. The number of nitrogens with one attached hydrogen (secondary N) is 1. The number of H-pyrrole nitrogens is 1. The molecule has 0 fully saturated rings. The zero-order valence-electron chi connectivity index (χ0n) is 15.4. The second-order valence-electron chi connectivity index (χ2n) is 7.25. The van der Waals surface area contributed by atoms with Gasteiger partial charge in [0.1, 0.15) is 11.4 Å². The van der Waals surface area contributed by atoms with Crippen LogP contribution in [0.15, 0.2) is 49.1 Å². The molecule has 1 aromatic carbocycles. The minimum absolute atomic E-state index is 0.466. The van der Waals surface area contributed by atoms with E-state index in [0.717, 1.165) is 52.7 Å². The first-order valence-electron chi connectivity index (χ1n) is 9.32. The molecule has 3 heterocycles. The number of rotatable bonds is 4. The summed E-state index contributed by atoms with van der Waals surface area (Å²) in [6.07, 6.45) is 7.98. The van der Waals surface area contributed by atoms with Crippen molar-refractivity contribution in [2.24, 2.45) is 0 Å². The van der Waals surface area contributed by atoms with Crippen LogP contribution in [0, 0.1) is 6.92 Å². The lowest BCUT2D eigenvalue weighted by atomic mass is 10.0. The average molecular weight is 391 g/mol. The third kappa shape index (κ3) is 3.10. The highest BCUT2D eigenvalue weighted by molar-refractivity contribution is 6.30. The molecule has 0 saturated heterocycles. The first-order valence-corrected chi connectivity index (χ1v) is 9.70. The molecule has 1 aliphatic rings. The van der Waals surface area contributed by atoms with Crippen LogP contribution in [-0.2, 0) is 13.0 Å². The van der Waals surface area contributed by atoms with E-state index in [9.17, 15) is 0 Å². The van der Waals surface area contributed by atoms with E-state index >= 15 is 0 Å². The summed E-state index contributed by atoms with van der Waals surface area (Å²) in [5.41, 5.74) is 7.20. The van der Waals surface area contributed by atoms with Gasteiger partial charge in [-0.1, -0.05) is 22.9 Å². The lowest BCUT2D eigenvalue weighted by Crippen LogP contribution is -2.04. The minimum atomic E-state index is 0.466. The summed E-state index contributed by atoms with van der Waals surface area (Å²) >= 11 is 6.20. The van der Waals surface area contributed by atoms with Crippen LogP contribution in [0.3, 0.4) is 0 Å². The van der Waals surface area contributed by atoms with E-state index in [1.54, 1.807) is 6.20 Å². The van der Waals surface area contributed by atoms with Gasteiger partial charge in [-0.25, -0.2) is 4.98 Å². The molecule has 5 rings (SSSR count). The summed E-state index contributed by atoms with van der Waals surface area (Å²) in [4.78, 5) is 9.07. The predicted octanol–water partition coefficient (Wildman–Crippen LogP) is 4.42. The number of hydrogen-bond acceptors (Lipinski definition) is 4. The minimum Gasteiger partial charge on any atom is -0.336 e. The van der Waals surface area contributed by atoms with Crippen LogP contribution in [0.5, 0.6) is 0 Å². The summed E-state index contributed by atoms with van der Waals surface area (Å²) in [6, 6.07) is 10.2. The van der Waals surface area contributed by atoms with Gasteiger partial charge in [0, 0.05) is 35.4 Å². The van der Waals surface area contributed by atoms with E-state index < -0.39 is 0 Å². The standard InChI is InChI=1S/C21H19ClN6/c1-13-21(26-27-25-13)15-6-7-23-19(8-15)20-11-28(12-24-20)10-16-3-2-14-4-5-17(22)9-18(14)16/h4-9,11-12,16H,2-3,10H2,1H3,(H,25,26,27)/t16-/m0/s1. The van der Waals surface area contributed by atoms with Crippen molar-refractivity contribution in [3.63, 3.8) is 0 Å². The van der Waals surface area contributed by atoms with Crippen LogP contribution in [0.4, 0.5) is 0 Å². The van der Waals surface area contributed by atoms with E-state index in [4.69, 9.17) is 11.6 Å². The molecule has 4 aromatic rings. The molecule has 7 heteroatoms. The molecule has 3 aromatic heterocycles. The molecule has 0 spiro atoms. The summed E-state index contributed by atoms with van der Waals surface area (Å²) in [5, 5.41) is 11.7. The fraction of sp³-hybridized carbons (Fsp3) is 0.238. The molecule has 0 bridgehead atoms. The average Bonchev–Trinajstić information content (AvgIpc) is 3.43. The fourth-order valence-corrected chi connectivity index (χ4v) is 4.15. The zero-order valence-corrected chi connectivity index (χ0v) is 16.2. The van der Waals surface area contributed by atoms with Crippen molar-refractivity contribution in [3.8, 4) is 22.6 Å². The summed E-state index contributed by atoms with van der Waals surface area (Å²) in [6.45, 7) is 2.85. The van der Waals surface area contributed by atoms with Gasteiger partial charge >= 0.3 is 0 Å². The number of pyridine rings is 1. The number of halogens is 1. The van der Waals surface area contributed by atoms with Crippen LogP contribution in [-0.4, -0.2) is 29.9 Å². The monoisotopic (exact) mass is 390 g/mol. The maximum absolute atomic E-state index is 6.20. The van der Waals surface area contributed by atoms with E-state index in [-0.39, 0.29) is 0 Å². The predicted molar refractivity (Wildman–Crippen MR) is 108 cm³/mol. The molecule has 140 valence electrons. The fourth-order valence-electron chi connectivity index (χ4n) is 3.97. The number of nitrogens with zero attached hydrogens (tertiary/aromatic N) is 5. The summed E-state index contributed by atoms with van der Waals surface area (Å²) in [7, 11) is 0. The molecule has 1 aliphatic carbocycles. The van der Waals surface area contributed by atoms with E-state index in [0.29, 0.717) is 5.92 Å². The molecule has 0 amide bonds. The van der Waals surface area contributed by atoms with E-state index in [1.165, 1.54) is 11.1 Å². The topological polar surface area (TPSA) is 72.3 Å². The number of aromatic amines is 1. The smallest absolute Gasteiger partial charge is 0.115 e. The normalized spacial score (nSPS) is 15.7. The summed E-state index contributed by atoms with van der Waals surface area (Å²) in [5.74, 6) is 0.466. The van der Waals surface area contributed by atoms with Crippen molar-refractivity contribution in [1.29, 1.82) is 0 Å². The van der Waals surface area contributed by atoms with Crippen molar-refractivity contribution in [3.05, 3.63) is 70.9 Å². The van der Waals surface area contributed by atoms with Crippen molar-refractivity contribution >= 4 is 11.6 Å². The Hall–Kier alpha value is -2.99. The molecular formula is C21H19ClN6. The first-order chi connectivity index (χ1) is 13.7. The van der Waals surface area contributed by atoms with Crippen LogP contribution < -0.4 is 0 Å². The Morgan fingerprint density at radius 3 is 2.96 bits per heavy atom. The lowest BCUT2D eigenvalue weighted by Gasteiger charge is -2.12. The van der Waals surface area contributed by atoms with Crippen LogP contribution in [0.25, 0.3) is 22.6 Å². The molecule has 0 aliphatic heterocycles. The SMILES string of the molecule is Cc1[nH]nnc1-c1ccnc(-c2cn(C[C@@H]3CCc4ccc(Cl)cc43)cn2)c1. The molecule has 0 saturated carbocycles. The van der Waals surface area contributed by atoms with E-state index in [1.807, 2.05) is 31.5 Å². The zero-order chi connectivity index (χ0) is 19.1. The number of aromatic nitrogens is 6. The lowest BCUT2D eigenvalue weighted by molar-refractivity contribution is 0.555. The second kappa shape index (κ2) is 6.87. The Bertz CT molecular complexity index is 1150. The maximum Gasteiger partial charge on any atom is 0.115 e. The third-order valence-corrected chi connectivity index (χ3v) is 5.63. The molecule has 0 radical (unpaired) electrons. The van der Waals surface area contributed by atoms with Gasteiger partial charge in [-0.15, -0.1) is 5.10 Å². The first kappa shape index (κ1) is 17.1. The Balaban J connectivity index is 1.39. The quantitative estimate of drug-likeness (QED) is 0.559. The van der Waals surface area contributed by atoms with Crippen molar-refractivity contribution in [1.82, 2.24) is 29.9 Å². The van der Waals surface area contributed by atoms with Crippen LogP contribution in [0.2, 0.25) is 5.02 Å². The molecule has 6 nitrogen and oxygen atoms in total. The molecular weight excluding hydrogens is 372 g/mol. The molecule has 1 N–H and O–H groups in total. The molecule has 28 heavy (non-hydrogen) atoms. The van der Waals surface area contributed by atoms with Gasteiger partial charge in [0.2, 0.25) is 0 Å². The second-order valence-corrected chi connectivity index (χ2v) is 7.69.